The molecule has 0 saturated carbocycles. The molecule has 3 amide bonds. The lowest BCUT2D eigenvalue weighted by molar-refractivity contribution is -0.144. The number of amides is 3. The number of aliphatic carboxylic acids is 4. The van der Waals surface area contributed by atoms with Gasteiger partial charge in [0.1, 0.15) is 18.1 Å². The van der Waals surface area contributed by atoms with Gasteiger partial charge in [0.05, 0.1) is 25.3 Å². The van der Waals surface area contributed by atoms with Crippen LogP contribution in [0.15, 0.2) is 0 Å². The molecule has 0 bridgehead atoms. The van der Waals surface area contributed by atoms with E-state index in [1.54, 1.807) is 0 Å². The zero-order chi connectivity index (χ0) is 23.6. The molecule has 0 aliphatic heterocycles. The molecule has 9 N–H and O–H groups in total. The van der Waals surface area contributed by atoms with Crippen LogP contribution in [-0.4, -0.2) is 86.2 Å². The van der Waals surface area contributed by atoms with E-state index >= 15 is 0 Å². The van der Waals surface area contributed by atoms with Crippen molar-refractivity contribution in [3.05, 3.63) is 0 Å². The molecule has 15 nitrogen and oxygen atoms in total. The molecule has 0 fully saturated rings. The third kappa shape index (κ3) is 9.98. The van der Waals surface area contributed by atoms with E-state index in [4.69, 9.17) is 26.2 Å². The largest absolute Gasteiger partial charge is 0.481 e. The Kier molecular flexibility index (Phi) is 10.5. The highest BCUT2D eigenvalue weighted by molar-refractivity contribution is 5.97. The Bertz CT molecular complexity index is 723. The van der Waals surface area contributed by atoms with Crippen molar-refractivity contribution in [1.82, 2.24) is 16.0 Å². The lowest BCUT2D eigenvalue weighted by Gasteiger charge is -2.23. The van der Waals surface area contributed by atoms with Gasteiger partial charge >= 0.3 is 23.9 Å². The summed E-state index contributed by atoms with van der Waals surface area (Å²) in [6, 6.07) is -6.65. The van der Waals surface area contributed by atoms with E-state index < -0.39 is 85.0 Å². The summed E-state index contributed by atoms with van der Waals surface area (Å²) in [5.74, 6) is -9.59. The third-order valence-corrected chi connectivity index (χ3v) is 3.48. The second-order valence-corrected chi connectivity index (χ2v) is 6.09. The van der Waals surface area contributed by atoms with Gasteiger partial charge in [-0.05, 0) is 6.92 Å². The number of nitrogens with two attached hydrogens (primary N) is 1. The van der Waals surface area contributed by atoms with Gasteiger partial charge in [-0.1, -0.05) is 0 Å². The molecule has 0 aromatic carbocycles. The summed E-state index contributed by atoms with van der Waals surface area (Å²) in [6.45, 7) is 1.08. The first kappa shape index (κ1) is 26.2. The van der Waals surface area contributed by atoms with Crippen molar-refractivity contribution in [2.24, 2.45) is 5.73 Å². The standard InChI is InChI=1S/C15H22N4O11/c1-5(15(29)30)17-13(27)7(3-10(22)23)19-14(28)8(4-11(24)25)18-12(26)6(16)2-9(20)21/h5-8H,2-4,16H2,1H3,(H,17,27)(H,18,26)(H,19,28)(H,20,21)(H,22,23)(H,24,25)(H,29,30). The molecule has 0 radical (unpaired) electrons. The van der Waals surface area contributed by atoms with Crippen LogP contribution in [-0.2, 0) is 33.6 Å². The van der Waals surface area contributed by atoms with Crippen molar-refractivity contribution in [3.8, 4) is 0 Å². The third-order valence-electron chi connectivity index (χ3n) is 3.48. The van der Waals surface area contributed by atoms with Crippen LogP contribution in [0.1, 0.15) is 26.2 Å². The van der Waals surface area contributed by atoms with Gasteiger partial charge in [0.25, 0.3) is 0 Å². The first-order chi connectivity index (χ1) is 13.7. The van der Waals surface area contributed by atoms with E-state index in [2.05, 4.69) is 0 Å². The fourth-order valence-electron chi connectivity index (χ4n) is 1.98. The quantitative estimate of drug-likeness (QED) is 0.139. The van der Waals surface area contributed by atoms with Gasteiger partial charge in [-0.3, -0.25) is 33.6 Å². The van der Waals surface area contributed by atoms with E-state index in [0.29, 0.717) is 0 Å². The summed E-state index contributed by atoms with van der Waals surface area (Å²) in [7, 11) is 0. The van der Waals surface area contributed by atoms with Crippen molar-refractivity contribution in [3.63, 3.8) is 0 Å². The van der Waals surface area contributed by atoms with Gasteiger partial charge in [-0.2, -0.15) is 0 Å². The molecular formula is C15H22N4O11. The van der Waals surface area contributed by atoms with Crippen molar-refractivity contribution in [2.45, 2.75) is 50.4 Å². The highest BCUT2D eigenvalue weighted by Gasteiger charge is 2.32. The highest BCUT2D eigenvalue weighted by Crippen LogP contribution is 2.01. The monoisotopic (exact) mass is 434 g/mol. The number of carbonyl (C=O) groups is 7. The molecule has 0 aromatic heterocycles. The SMILES string of the molecule is CC(NC(=O)C(CC(=O)O)NC(=O)C(CC(=O)O)NC(=O)C(N)CC(=O)O)C(=O)O. The van der Waals surface area contributed by atoms with Gasteiger partial charge < -0.3 is 42.1 Å². The zero-order valence-corrected chi connectivity index (χ0v) is 15.7. The van der Waals surface area contributed by atoms with E-state index in [0.717, 1.165) is 6.92 Å². The average Bonchev–Trinajstić information content (AvgIpc) is 2.58. The Morgan fingerprint density at radius 1 is 0.667 bits per heavy atom. The fraction of sp³-hybridized carbons (Fsp3) is 0.533. The predicted molar refractivity (Wildman–Crippen MR) is 93.8 cm³/mol. The van der Waals surface area contributed by atoms with Gasteiger partial charge in [-0.25, -0.2) is 0 Å². The number of carboxylic acids is 4. The lowest BCUT2D eigenvalue weighted by Crippen LogP contribution is -2.57. The molecule has 30 heavy (non-hydrogen) atoms. The first-order valence-corrected chi connectivity index (χ1v) is 8.29. The Morgan fingerprint density at radius 3 is 1.40 bits per heavy atom. The van der Waals surface area contributed by atoms with E-state index in [1.807, 2.05) is 16.0 Å². The molecule has 0 aliphatic carbocycles. The predicted octanol–water partition coefficient (Wildman–Crippen LogP) is -3.70. The van der Waals surface area contributed by atoms with Crippen molar-refractivity contribution >= 4 is 41.6 Å². The minimum Gasteiger partial charge on any atom is -0.481 e. The van der Waals surface area contributed by atoms with Gasteiger partial charge in [0.2, 0.25) is 17.7 Å². The molecule has 0 rings (SSSR count). The molecule has 0 saturated heterocycles. The van der Waals surface area contributed by atoms with Gasteiger partial charge in [-0.15, -0.1) is 0 Å². The van der Waals surface area contributed by atoms with Crippen LogP contribution in [0, 0.1) is 0 Å². The number of rotatable bonds is 13. The maximum absolute atomic E-state index is 12.3. The molecule has 0 aromatic rings. The summed E-state index contributed by atoms with van der Waals surface area (Å²) in [6.07, 6.45) is -2.79. The van der Waals surface area contributed by atoms with Crippen LogP contribution in [0.3, 0.4) is 0 Å². The second kappa shape index (κ2) is 11.9. The molecule has 15 heteroatoms. The van der Waals surface area contributed by atoms with E-state index in [1.165, 1.54) is 0 Å². The molecule has 0 spiro atoms. The zero-order valence-electron chi connectivity index (χ0n) is 15.7. The second-order valence-electron chi connectivity index (χ2n) is 6.09. The Labute approximate surface area is 168 Å². The summed E-state index contributed by atoms with van der Waals surface area (Å²) in [5, 5.41) is 41.0. The Morgan fingerprint density at radius 2 is 1.03 bits per heavy atom. The summed E-state index contributed by atoms with van der Waals surface area (Å²) in [5.41, 5.74) is 5.33. The molecular weight excluding hydrogens is 412 g/mol. The topological polar surface area (TPSA) is 263 Å². The van der Waals surface area contributed by atoms with Crippen molar-refractivity contribution in [2.75, 3.05) is 0 Å². The maximum atomic E-state index is 12.3. The van der Waals surface area contributed by atoms with E-state index in [-0.39, 0.29) is 0 Å². The number of hydrogen-bond donors (Lipinski definition) is 8. The first-order valence-electron chi connectivity index (χ1n) is 8.29. The normalized spacial score (nSPS) is 14.3. The van der Waals surface area contributed by atoms with Crippen molar-refractivity contribution in [1.29, 1.82) is 0 Å². The Balaban J connectivity index is 5.41. The van der Waals surface area contributed by atoms with Crippen LogP contribution >= 0.6 is 0 Å². The average molecular weight is 434 g/mol. The maximum Gasteiger partial charge on any atom is 0.325 e. The molecule has 4 unspecified atom stereocenters. The van der Waals surface area contributed by atoms with Crippen LogP contribution in [0.4, 0.5) is 0 Å². The molecule has 0 aliphatic rings. The number of carbonyl (C=O) groups excluding carboxylic acids is 3. The minimum absolute atomic E-state index is 0.815. The summed E-state index contributed by atoms with van der Waals surface area (Å²) >= 11 is 0. The van der Waals surface area contributed by atoms with Crippen LogP contribution in [0.5, 0.6) is 0 Å². The number of carboxylic acid groups (broad SMARTS) is 4. The van der Waals surface area contributed by atoms with Crippen LogP contribution in [0.25, 0.3) is 0 Å². The number of hydrogen-bond acceptors (Lipinski definition) is 8. The number of nitrogens with one attached hydrogen (secondary N) is 3. The highest BCUT2D eigenvalue weighted by atomic mass is 16.4. The van der Waals surface area contributed by atoms with Crippen LogP contribution in [0.2, 0.25) is 0 Å². The van der Waals surface area contributed by atoms with Gasteiger partial charge in [0, 0.05) is 0 Å². The van der Waals surface area contributed by atoms with Crippen molar-refractivity contribution < 1.29 is 54.0 Å². The summed E-state index contributed by atoms with van der Waals surface area (Å²) in [4.78, 5) is 79.6. The summed E-state index contributed by atoms with van der Waals surface area (Å²) < 4.78 is 0. The van der Waals surface area contributed by atoms with Gasteiger partial charge in [0.15, 0.2) is 0 Å². The molecule has 168 valence electrons. The Hall–Kier alpha value is -3.75. The lowest BCUT2D eigenvalue weighted by atomic mass is 10.1. The fourth-order valence-corrected chi connectivity index (χ4v) is 1.98. The van der Waals surface area contributed by atoms with E-state index in [9.17, 15) is 33.6 Å². The molecule has 4 atom stereocenters. The molecule has 0 heterocycles. The van der Waals surface area contributed by atoms with Crippen LogP contribution < -0.4 is 21.7 Å². The smallest absolute Gasteiger partial charge is 0.325 e. The minimum atomic E-state index is -1.82.